The Morgan fingerprint density at radius 1 is 1.11 bits per heavy atom. The van der Waals surface area contributed by atoms with Crippen molar-refractivity contribution < 1.29 is 17.9 Å². The molecular weight excluding hydrogens is 388 g/mol. The third-order valence-corrected chi connectivity index (χ3v) is 6.44. The summed E-state index contributed by atoms with van der Waals surface area (Å²) in [5.74, 6) is 0.470. The van der Waals surface area contributed by atoms with Gasteiger partial charge in [0.05, 0.1) is 22.6 Å². The molecule has 2 aromatic carbocycles. The molecule has 0 bridgehead atoms. The zero-order chi connectivity index (χ0) is 19.4. The average molecular weight is 409 g/mol. The van der Waals surface area contributed by atoms with Crippen molar-refractivity contribution in [2.75, 3.05) is 20.2 Å². The number of benzene rings is 2. The first-order valence-corrected chi connectivity index (χ1v) is 10.5. The van der Waals surface area contributed by atoms with E-state index in [1.165, 1.54) is 19.2 Å². The summed E-state index contributed by atoms with van der Waals surface area (Å²) in [6, 6.07) is 13.0. The smallest absolute Gasteiger partial charge is 0.255 e. The minimum Gasteiger partial charge on any atom is -0.497 e. The fraction of sp³-hybridized carbons (Fsp3) is 0.316. The number of amides is 1. The molecule has 6 nitrogen and oxygen atoms in total. The maximum atomic E-state index is 12.6. The van der Waals surface area contributed by atoms with Crippen LogP contribution in [0.3, 0.4) is 0 Å². The van der Waals surface area contributed by atoms with Crippen molar-refractivity contribution in [1.29, 1.82) is 0 Å². The summed E-state index contributed by atoms with van der Waals surface area (Å²) in [6.07, 6.45) is 1.09. The highest BCUT2D eigenvalue weighted by atomic mass is 35.5. The lowest BCUT2D eigenvalue weighted by Crippen LogP contribution is -2.46. The fourth-order valence-electron chi connectivity index (χ4n) is 3.05. The molecule has 1 aliphatic rings. The Morgan fingerprint density at radius 2 is 1.74 bits per heavy atom. The number of halogens is 1. The van der Waals surface area contributed by atoms with Gasteiger partial charge in [-0.2, -0.15) is 0 Å². The van der Waals surface area contributed by atoms with Crippen molar-refractivity contribution in [3.8, 4) is 5.75 Å². The van der Waals surface area contributed by atoms with Crippen LogP contribution in [0.15, 0.2) is 53.4 Å². The molecule has 1 fully saturated rings. The Balaban J connectivity index is 1.60. The van der Waals surface area contributed by atoms with Crippen molar-refractivity contribution >= 4 is 27.5 Å². The van der Waals surface area contributed by atoms with Gasteiger partial charge in [-0.25, -0.2) is 13.1 Å². The van der Waals surface area contributed by atoms with Crippen molar-refractivity contribution in [3.63, 3.8) is 0 Å². The third-order valence-electron chi connectivity index (χ3n) is 4.58. The van der Waals surface area contributed by atoms with Crippen LogP contribution in [0, 0.1) is 0 Å². The summed E-state index contributed by atoms with van der Waals surface area (Å²) in [5.41, 5.74) is 0.469. The summed E-state index contributed by atoms with van der Waals surface area (Å²) < 4.78 is 32.8. The highest BCUT2D eigenvalue weighted by Crippen LogP contribution is 2.21. The zero-order valence-corrected chi connectivity index (χ0v) is 16.5. The van der Waals surface area contributed by atoms with Gasteiger partial charge in [-0.05, 0) is 49.2 Å². The molecule has 2 aromatic rings. The van der Waals surface area contributed by atoms with Gasteiger partial charge in [0.2, 0.25) is 10.0 Å². The van der Waals surface area contributed by atoms with Crippen LogP contribution in [0.25, 0.3) is 0 Å². The summed E-state index contributed by atoms with van der Waals surface area (Å²) in [7, 11) is -2.08. The predicted molar refractivity (Wildman–Crippen MR) is 104 cm³/mol. The Bertz CT molecular complexity index is 908. The first-order valence-electron chi connectivity index (χ1n) is 8.61. The summed E-state index contributed by atoms with van der Waals surface area (Å²) in [5, 5.41) is 0.421. The van der Waals surface area contributed by atoms with Crippen LogP contribution >= 0.6 is 11.6 Å². The maximum absolute atomic E-state index is 12.6. The van der Waals surface area contributed by atoms with Crippen LogP contribution in [0.1, 0.15) is 23.2 Å². The molecule has 1 heterocycles. The van der Waals surface area contributed by atoms with Crippen molar-refractivity contribution in [1.82, 2.24) is 9.62 Å². The molecule has 0 unspecified atom stereocenters. The van der Waals surface area contributed by atoms with Gasteiger partial charge in [0.25, 0.3) is 5.91 Å². The van der Waals surface area contributed by atoms with Crippen LogP contribution < -0.4 is 9.46 Å². The van der Waals surface area contributed by atoms with E-state index < -0.39 is 10.0 Å². The molecule has 3 rings (SSSR count). The number of rotatable bonds is 5. The van der Waals surface area contributed by atoms with Crippen LogP contribution in [-0.4, -0.2) is 45.5 Å². The van der Waals surface area contributed by atoms with Crippen molar-refractivity contribution in [2.45, 2.75) is 23.8 Å². The molecule has 0 spiro atoms. The molecule has 1 saturated heterocycles. The number of ether oxygens (including phenoxy) is 1. The number of hydrogen-bond donors (Lipinski definition) is 1. The number of likely N-dealkylation sites (tertiary alicyclic amines) is 1. The lowest BCUT2D eigenvalue weighted by Gasteiger charge is -2.32. The molecule has 0 aliphatic carbocycles. The molecule has 144 valence electrons. The number of piperidine rings is 1. The normalized spacial score (nSPS) is 15.6. The first kappa shape index (κ1) is 19.7. The molecule has 1 amide bonds. The first-order chi connectivity index (χ1) is 12.9. The monoisotopic (exact) mass is 408 g/mol. The second-order valence-electron chi connectivity index (χ2n) is 6.34. The van der Waals surface area contributed by atoms with Gasteiger partial charge in [-0.15, -0.1) is 0 Å². The largest absolute Gasteiger partial charge is 0.497 e. The van der Waals surface area contributed by atoms with E-state index in [0.29, 0.717) is 42.3 Å². The lowest BCUT2D eigenvalue weighted by molar-refractivity contribution is 0.0711. The standard InChI is InChI=1S/C19H21ClN2O4S/c1-26-15-6-8-16(9-7-15)27(24,25)21-14-10-12-22(13-11-14)19(23)17-4-2-3-5-18(17)20/h2-9,14,21H,10-13H2,1H3. The van der Waals surface area contributed by atoms with E-state index in [-0.39, 0.29) is 16.8 Å². The Morgan fingerprint density at radius 3 is 2.33 bits per heavy atom. The molecule has 1 N–H and O–H groups in total. The summed E-state index contributed by atoms with van der Waals surface area (Å²) in [6.45, 7) is 0.944. The number of carbonyl (C=O) groups excluding carboxylic acids is 1. The lowest BCUT2D eigenvalue weighted by atomic mass is 10.0. The van der Waals surface area contributed by atoms with Gasteiger partial charge < -0.3 is 9.64 Å². The van der Waals surface area contributed by atoms with E-state index in [1.807, 2.05) is 0 Å². The Kier molecular flexibility index (Phi) is 6.04. The van der Waals surface area contributed by atoms with Gasteiger partial charge in [-0.3, -0.25) is 4.79 Å². The van der Waals surface area contributed by atoms with Crippen LogP contribution in [0.5, 0.6) is 5.75 Å². The van der Waals surface area contributed by atoms with Gasteiger partial charge in [-0.1, -0.05) is 23.7 Å². The van der Waals surface area contributed by atoms with Crippen molar-refractivity contribution in [3.05, 3.63) is 59.1 Å². The fourth-order valence-corrected chi connectivity index (χ4v) is 4.57. The molecule has 1 aliphatic heterocycles. The number of hydrogen-bond acceptors (Lipinski definition) is 4. The molecule has 8 heteroatoms. The Hall–Kier alpha value is -2.09. The van der Waals surface area contributed by atoms with E-state index in [2.05, 4.69) is 4.72 Å². The molecule has 0 aromatic heterocycles. The number of carbonyl (C=O) groups is 1. The SMILES string of the molecule is COc1ccc(S(=O)(=O)NC2CCN(C(=O)c3ccccc3Cl)CC2)cc1. The molecule has 27 heavy (non-hydrogen) atoms. The maximum Gasteiger partial charge on any atom is 0.255 e. The highest BCUT2D eigenvalue weighted by Gasteiger charge is 2.27. The van der Waals surface area contributed by atoms with Crippen molar-refractivity contribution in [2.24, 2.45) is 0 Å². The number of nitrogens with one attached hydrogen (secondary N) is 1. The van der Waals surface area contributed by atoms with Gasteiger partial charge >= 0.3 is 0 Å². The number of sulfonamides is 1. The predicted octanol–water partition coefficient (Wildman–Crippen LogP) is 2.93. The minimum atomic E-state index is -3.61. The van der Waals surface area contributed by atoms with E-state index >= 15 is 0 Å². The van der Waals surface area contributed by atoms with E-state index in [1.54, 1.807) is 41.3 Å². The van der Waals surface area contributed by atoms with Gasteiger partial charge in [0, 0.05) is 19.1 Å². The highest BCUT2D eigenvalue weighted by molar-refractivity contribution is 7.89. The molecule has 0 atom stereocenters. The average Bonchev–Trinajstić information content (AvgIpc) is 2.68. The van der Waals surface area contributed by atoms with Crippen LogP contribution in [-0.2, 0) is 10.0 Å². The molecule has 0 saturated carbocycles. The van der Waals surface area contributed by atoms with Gasteiger partial charge in [0.1, 0.15) is 5.75 Å². The zero-order valence-electron chi connectivity index (χ0n) is 14.9. The number of methoxy groups -OCH3 is 1. The van der Waals surface area contributed by atoms with Gasteiger partial charge in [0.15, 0.2) is 0 Å². The molecular formula is C19H21ClN2O4S. The quantitative estimate of drug-likeness (QED) is 0.825. The topological polar surface area (TPSA) is 75.7 Å². The van der Waals surface area contributed by atoms with Crippen LogP contribution in [0.2, 0.25) is 5.02 Å². The Labute approximate surface area is 164 Å². The van der Waals surface area contributed by atoms with E-state index in [0.717, 1.165) is 0 Å². The van der Waals surface area contributed by atoms with E-state index in [9.17, 15) is 13.2 Å². The minimum absolute atomic E-state index is 0.128. The summed E-state index contributed by atoms with van der Waals surface area (Å²) >= 11 is 6.10. The molecule has 0 radical (unpaired) electrons. The van der Waals surface area contributed by atoms with E-state index in [4.69, 9.17) is 16.3 Å². The second-order valence-corrected chi connectivity index (χ2v) is 8.46. The summed E-state index contributed by atoms with van der Waals surface area (Å²) in [4.78, 5) is 14.5. The van der Waals surface area contributed by atoms with Crippen LogP contribution in [0.4, 0.5) is 0 Å². The second kappa shape index (κ2) is 8.29. The number of nitrogens with zero attached hydrogens (tertiary/aromatic N) is 1. The third kappa shape index (κ3) is 4.61.